The van der Waals surface area contributed by atoms with Gasteiger partial charge in [-0.1, -0.05) is 41.9 Å². The highest BCUT2D eigenvalue weighted by Gasteiger charge is 2.47. The third-order valence-electron chi connectivity index (χ3n) is 11.0. The SMILES string of the molecule is COc1nc(-c2cccc(-c3cccc(-c4cc5c(c(OC)n4)C(N4CCN(C(C)=O)CC4)CC5)c3Cl)c2F)cnc1CN1CC2(CCC(=O)N2)C1. The minimum Gasteiger partial charge on any atom is -0.481 e. The fraction of sp³-hybridized carbons (Fsp3) is 0.410. The molecule has 270 valence electrons. The molecule has 3 aliphatic heterocycles. The second kappa shape index (κ2) is 13.7. The monoisotopic (exact) mass is 725 g/mol. The molecule has 2 aromatic carbocycles. The van der Waals surface area contributed by atoms with Crippen molar-refractivity contribution in [1.29, 1.82) is 0 Å². The molecule has 2 aromatic heterocycles. The van der Waals surface area contributed by atoms with Gasteiger partial charge in [0.1, 0.15) is 11.5 Å². The van der Waals surface area contributed by atoms with E-state index >= 15 is 4.39 Å². The summed E-state index contributed by atoms with van der Waals surface area (Å²) >= 11 is 7.11. The van der Waals surface area contributed by atoms with Gasteiger partial charge in [0.15, 0.2) is 0 Å². The average Bonchev–Trinajstić information content (AvgIpc) is 3.75. The number of methoxy groups -OCH3 is 2. The number of halogens is 2. The highest BCUT2D eigenvalue weighted by Crippen LogP contribution is 2.45. The summed E-state index contributed by atoms with van der Waals surface area (Å²) in [6.45, 7) is 6.65. The van der Waals surface area contributed by atoms with E-state index in [1.165, 1.54) is 7.11 Å². The molecule has 8 rings (SSSR count). The molecule has 0 saturated carbocycles. The van der Waals surface area contributed by atoms with E-state index in [-0.39, 0.29) is 29.0 Å². The molecule has 1 spiro atoms. The standard InChI is InChI=1S/C39H41ClFN7O4/c1-23(49)47-14-16-48(17-15-47)32-11-10-24-18-29(43-38(52-3)34(24)32)27-8-4-6-25(35(27)40)26-7-5-9-28(36(26)41)30-19-42-31(37(44-30)51-2)20-46-21-39(22-46)13-12-33(50)45-39/h4-9,18-19,32H,10-17,20-22H2,1-3H3,(H,45,50). The van der Waals surface area contributed by atoms with Crippen LogP contribution in [-0.2, 0) is 22.6 Å². The molecule has 52 heavy (non-hydrogen) atoms. The van der Waals surface area contributed by atoms with Crippen molar-refractivity contribution in [2.45, 2.75) is 50.7 Å². The van der Waals surface area contributed by atoms with E-state index in [1.807, 2.05) is 17.0 Å². The normalized spacial score (nSPS) is 19.8. The number of nitrogens with one attached hydrogen (secondary N) is 1. The number of benzene rings is 2. The van der Waals surface area contributed by atoms with Crippen LogP contribution < -0.4 is 14.8 Å². The van der Waals surface area contributed by atoms with Crippen LogP contribution in [0.5, 0.6) is 11.8 Å². The number of nitrogens with zero attached hydrogens (tertiary/aromatic N) is 6. The van der Waals surface area contributed by atoms with Crippen molar-refractivity contribution in [2.24, 2.45) is 0 Å². The Morgan fingerprint density at radius 2 is 1.65 bits per heavy atom. The number of amides is 2. The zero-order chi connectivity index (χ0) is 36.1. The molecular weight excluding hydrogens is 685 g/mol. The van der Waals surface area contributed by atoms with Gasteiger partial charge in [0, 0.05) is 93.0 Å². The van der Waals surface area contributed by atoms with Gasteiger partial charge in [-0.3, -0.25) is 24.4 Å². The number of fused-ring (bicyclic) bond motifs is 1. The van der Waals surface area contributed by atoms with E-state index in [4.69, 9.17) is 26.1 Å². The van der Waals surface area contributed by atoms with Crippen LogP contribution in [0.15, 0.2) is 48.7 Å². The molecule has 0 radical (unpaired) electrons. The van der Waals surface area contributed by atoms with Gasteiger partial charge in [0.2, 0.25) is 23.6 Å². The highest BCUT2D eigenvalue weighted by atomic mass is 35.5. The van der Waals surface area contributed by atoms with Gasteiger partial charge in [-0.2, -0.15) is 0 Å². The zero-order valence-electron chi connectivity index (χ0n) is 29.5. The van der Waals surface area contributed by atoms with Gasteiger partial charge in [-0.05, 0) is 37.0 Å². The Kier molecular flexibility index (Phi) is 9.09. The molecule has 3 saturated heterocycles. The molecule has 4 aliphatic rings. The molecule has 1 atom stereocenters. The number of pyridine rings is 1. The number of carbonyl (C=O) groups excluding carboxylic acids is 2. The van der Waals surface area contributed by atoms with Crippen molar-refractivity contribution in [3.05, 3.63) is 76.3 Å². The summed E-state index contributed by atoms with van der Waals surface area (Å²) < 4.78 is 28.0. The first-order valence-corrected chi connectivity index (χ1v) is 18.1. The van der Waals surface area contributed by atoms with Gasteiger partial charge in [0.25, 0.3) is 0 Å². The Labute approximate surface area is 307 Å². The van der Waals surface area contributed by atoms with E-state index in [1.54, 1.807) is 44.5 Å². The average molecular weight is 726 g/mol. The molecule has 1 aliphatic carbocycles. The second-order valence-corrected chi connectivity index (χ2v) is 14.6. The molecular formula is C39H41ClFN7O4. The predicted octanol–water partition coefficient (Wildman–Crippen LogP) is 5.30. The van der Waals surface area contributed by atoms with Crippen molar-refractivity contribution < 1.29 is 23.5 Å². The lowest BCUT2D eigenvalue weighted by molar-refractivity contribution is -0.131. The quantitative estimate of drug-likeness (QED) is 0.259. The van der Waals surface area contributed by atoms with Crippen molar-refractivity contribution in [3.8, 4) is 45.4 Å². The fourth-order valence-corrected chi connectivity index (χ4v) is 8.73. The van der Waals surface area contributed by atoms with Crippen molar-refractivity contribution in [2.75, 3.05) is 53.5 Å². The molecule has 1 N–H and O–H groups in total. The number of carbonyl (C=O) groups is 2. The summed E-state index contributed by atoms with van der Waals surface area (Å²) in [4.78, 5) is 44.4. The maximum Gasteiger partial charge on any atom is 0.237 e. The lowest BCUT2D eigenvalue weighted by Gasteiger charge is -2.47. The van der Waals surface area contributed by atoms with E-state index in [9.17, 15) is 9.59 Å². The Bertz CT molecular complexity index is 2060. The summed E-state index contributed by atoms with van der Waals surface area (Å²) in [5.41, 5.74) is 5.59. The van der Waals surface area contributed by atoms with Gasteiger partial charge < -0.3 is 19.7 Å². The van der Waals surface area contributed by atoms with Crippen LogP contribution in [0.3, 0.4) is 0 Å². The lowest BCUT2D eigenvalue weighted by atomic mass is 9.88. The van der Waals surface area contributed by atoms with E-state index < -0.39 is 5.82 Å². The molecule has 4 aromatic rings. The summed E-state index contributed by atoms with van der Waals surface area (Å²) in [6, 6.07) is 13.0. The van der Waals surface area contributed by atoms with Crippen molar-refractivity contribution in [1.82, 2.24) is 35.0 Å². The number of aryl methyl sites for hydroxylation is 1. The van der Waals surface area contributed by atoms with Crippen LogP contribution in [-0.4, -0.2) is 100 Å². The number of rotatable bonds is 8. The first-order chi connectivity index (χ1) is 25.2. The first kappa shape index (κ1) is 34.4. The van der Waals surface area contributed by atoms with Gasteiger partial charge in [0.05, 0.1) is 42.4 Å². The number of likely N-dealkylation sites (tertiary alicyclic amines) is 1. The molecule has 0 bridgehead atoms. The summed E-state index contributed by atoms with van der Waals surface area (Å²) in [5.74, 6) is 0.632. The fourth-order valence-electron chi connectivity index (χ4n) is 8.41. The number of piperazine rings is 1. The highest BCUT2D eigenvalue weighted by molar-refractivity contribution is 6.36. The Morgan fingerprint density at radius 1 is 0.962 bits per heavy atom. The number of hydrogen-bond acceptors (Lipinski definition) is 9. The van der Waals surface area contributed by atoms with Crippen LogP contribution in [0.1, 0.15) is 49.0 Å². The maximum absolute atomic E-state index is 16.5. The molecule has 5 heterocycles. The maximum atomic E-state index is 16.5. The van der Waals surface area contributed by atoms with E-state index in [0.717, 1.165) is 56.6 Å². The van der Waals surface area contributed by atoms with Gasteiger partial charge in [-0.15, -0.1) is 0 Å². The number of hydrogen-bond donors (Lipinski definition) is 1. The first-order valence-electron chi connectivity index (χ1n) is 17.8. The van der Waals surface area contributed by atoms with Crippen LogP contribution in [0.2, 0.25) is 5.02 Å². The number of aromatic nitrogens is 3. The predicted molar refractivity (Wildman–Crippen MR) is 194 cm³/mol. The van der Waals surface area contributed by atoms with Crippen LogP contribution in [0.4, 0.5) is 4.39 Å². The van der Waals surface area contributed by atoms with Crippen molar-refractivity contribution >= 4 is 23.4 Å². The molecule has 11 nitrogen and oxygen atoms in total. The topological polar surface area (TPSA) is 113 Å². The summed E-state index contributed by atoms with van der Waals surface area (Å²) in [7, 11) is 3.17. The number of ether oxygens (including phenoxy) is 2. The largest absolute Gasteiger partial charge is 0.481 e. The van der Waals surface area contributed by atoms with E-state index in [2.05, 4.69) is 31.2 Å². The zero-order valence-corrected chi connectivity index (χ0v) is 30.3. The Balaban J connectivity index is 1.05. The third-order valence-corrected chi connectivity index (χ3v) is 11.4. The van der Waals surface area contributed by atoms with Crippen LogP contribution in [0.25, 0.3) is 33.6 Å². The van der Waals surface area contributed by atoms with Crippen LogP contribution in [0, 0.1) is 5.82 Å². The van der Waals surface area contributed by atoms with E-state index in [0.29, 0.717) is 76.6 Å². The molecule has 3 fully saturated rings. The Hall–Kier alpha value is -4.65. The molecule has 1 unspecified atom stereocenters. The third kappa shape index (κ3) is 6.16. The minimum atomic E-state index is -0.473. The molecule has 13 heteroatoms. The van der Waals surface area contributed by atoms with Crippen molar-refractivity contribution in [3.63, 3.8) is 0 Å². The van der Waals surface area contributed by atoms with Gasteiger partial charge >= 0.3 is 0 Å². The summed E-state index contributed by atoms with van der Waals surface area (Å²) in [6.07, 6.45) is 4.79. The molecule has 2 amide bonds. The van der Waals surface area contributed by atoms with Gasteiger partial charge in [-0.25, -0.2) is 14.4 Å². The van der Waals surface area contributed by atoms with Crippen LogP contribution >= 0.6 is 11.6 Å². The Morgan fingerprint density at radius 3 is 2.35 bits per heavy atom. The second-order valence-electron chi connectivity index (χ2n) is 14.2. The minimum absolute atomic E-state index is 0.103. The summed E-state index contributed by atoms with van der Waals surface area (Å²) in [5, 5.41) is 3.48. The smallest absolute Gasteiger partial charge is 0.237 e. The lowest BCUT2D eigenvalue weighted by Crippen LogP contribution is -2.66.